The second-order valence-corrected chi connectivity index (χ2v) is 5.28. The number of amides is 3. The zero-order valence-electron chi connectivity index (χ0n) is 12.8. The lowest BCUT2D eigenvalue weighted by atomic mass is 10.1. The van der Waals surface area contributed by atoms with Crippen molar-refractivity contribution in [2.45, 2.75) is 25.5 Å². The van der Waals surface area contributed by atoms with Crippen LogP contribution in [0.5, 0.6) is 0 Å². The molecule has 8 heteroatoms. The van der Waals surface area contributed by atoms with Gasteiger partial charge in [-0.2, -0.15) is 0 Å². The molecule has 1 rings (SSSR count). The van der Waals surface area contributed by atoms with Gasteiger partial charge in [-0.1, -0.05) is 6.92 Å². The monoisotopic (exact) mass is 301 g/mol. The fraction of sp³-hybridized carbons (Fsp3) is 0.769. The number of rotatable bonds is 5. The van der Waals surface area contributed by atoms with Crippen molar-refractivity contribution < 1.29 is 24.2 Å². The van der Waals surface area contributed by atoms with Gasteiger partial charge in [0.15, 0.2) is 0 Å². The fourth-order valence-electron chi connectivity index (χ4n) is 2.45. The molecule has 0 aromatic rings. The zero-order valence-corrected chi connectivity index (χ0v) is 12.8. The Morgan fingerprint density at radius 3 is 2.57 bits per heavy atom. The highest BCUT2D eigenvalue weighted by molar-refractivity contribution is 5.84. The zero-order chi connectivity index (χ0) is 16.2. The third kappa shape index (κ3) is 4.07. The maximum atomic E-state index is 12.4. The van der Waals surface area contributed by atoms with E-state index in [2.05, 4.69) is 5.32 Å². The van der Waals surface area contributed by atoms with E-state index in [1.807, 2.05) is 0 Å². The van der Waals surface area contributed by atoms with Crippen molar-refractivity contribution in [3.8, 4) is 0 Å². The molecular weight excluding hydrogens is 278 g/mol. The molecular formula is C13H23N3O5. The molecule has 0 spiro atoms. The number of urea groups is 1. The van der Waals surface area contributed by atoms with Gasteiger partial charge >= 0.3 is 12.0 Å². The number of carbonyl (C=O) groups excluding carboxylic acids is 2. The SMILES string of the molecule is CNC(=O)C(C)CN(C)C(=O)N1CC(OC)CC1C(=O)O. The summed E-state index contributed by atoms with van der Waals surface area (Å²) in [6.07, 6.45) is -0.00373. The van der Waals surface area contributed by atoms with Crippen molar-refractivity contribution >= 4 is 17.9 Å². The minimum Gasteiger partial charge on any atom is -0.480 e. The van der Waals surface area contributed by atoms with Crippen LogP contribution in [0, 0.1) is 5.92 Å². The maximum Gasteiger partial charge on any atom is 0.326 e. The van der Waals surface area contributed by atoms with E-state index in [1.54, 1.807) is 14.0 Å². The second-order valence-electron chi connectivity index (χ2n) is 5.28. The molecule has 0 aromatic heterocycles. The minimum atomic E-state index is -1.05. The number of hydrogen-bond acceptors (Lipinski definition) is 4. The molecule has 0 aromatic carbocycles. The van der Waals surface area contributed by atoms with E-state index in [0.29, 0.717) is 0 Å². The highest BCUT2D eigenvalue weighted by atomic mass is 16.5. The Hall–Kier alpha value is -1.83. The molecule has 3 unspecified atom stereocenters. The Morgan fingerprint density at radius 1 is 1.48 bits per heavy atom. The Balaban J connectivity index is 2.72. The van der Waals surface area contributed by atoms with Crippen LogP contribution < -0.4 is 5.32 Å². The predicted octanol–water partition coefficient (Wildman–Crippen LogP) is -0.406. The molecule has 0 bridgehead atoms. The van der Waals surface area contributed by atoms with Gasteiger partial charge in [-0.05, 0) is 0 Å². The molecule has 1 fully saturated rings. The first-order valence-corrected chi connectivity index (χ1v) is 6.80. The molecule has 1 heterocycles. The molecule has 1 saturated heterocycles. The van der Waals surface area contributed by atoms with Crippen molar-refractivity contribution in [2.75, 3.05) is 34.3 Å². The molecule has 3 amide bonds. The van der Waals surface area contributed by atoms with Crippen molar-refractivity contribution in [3.63, 3.8) is 0 Å². The molecule has 0 saturated carbocycles. The third-order valence-corrected chi connectivity index (χ3v) is 3.70. The molecule has 0 radical (unpaired) electrons. The lowest BCUT2D eigenvalue weighted by Gasteiger charge is -2.28. The van der Waals surface area contributed by atoms with Crippen LogP contribution >= 0.6 is 0 Å². The Bertz CT molecular complexity index is 415. The topological polar surface area (TPSA) is 99.2 Å². The van der Waals surface area contributed by atoms with E-state index in [0.717, 1.165) is 0 Å². The van der Waals surface area contributed by atoms with Gasteiger partial charge in [0.05, 0.1) is 12.0 Å². The van der Waals surface area contributed by atoms with Crippen molar-refractivity contribution in [2.24, 2.45) is 5.92 Å². The highest BCUT2D eigenvalue weighted by Gasteiger charge is 2.41. The Kier molecular flexibility index (Phi) is 5.95. The van der Waals surface area contributed by atoms with E-state index in [1.165, 1.54) is 24.0 Å². The van der Waals surface area contributed by atoms with Gasteiger partial charge in [-0.25, -0.2) is 9.59 Å². The lowest BCUT2D eigenvalue weighted by Crippen LogP contribution is -2.48. The first-order chi connectivity index (χ1) is 9.81. The van der Waals surface area contributed by atoms with E-state index in [4.69, 9.17) is 4.74 Å². The number of likely N-dealkylation sites (tertiary alicyclic amines) is 1. The summed E-state index contributed by atoms with van der Waals surface area (Å²) in [5.41, 5.74) is 0. The van der Waals surface area contributed by atoms with Gasteiger partial charge in [0, 0.05) is 40.7 Å². The van der Waals surface area contributed by atoms with Crippen molar-refractivity contribution in [3.05, 3.63) is 0 Å². The predicted molar refractivity (Wildman–Crippen MR) is 74.8 cm³/mol. The Morgan fingerprint density at radius 2 is 2.10 bits per heavy atom. The molecule has 3 atom stereocenters. The summed E-state index contributed by atoms with van der Waals surface area (Å²) >= 11 is 0. The summed E-state index contributed by atoms with van der Waals surface area (Å²) in [6.45, 7) is 2.17. The normalized spacial score (nSPS) is 22.8. The van der Waals surface area contributed by atoms with E-state index >= 15 is 0 Å². The van der Waals surface area contributed by atoms with Crippen molar-refractivity contribution in [1.82, 2.24) is 15.1 Å². The fourth-order valence-corrected chi connectivity index (χ4v) is 2.45. The van der Waals surface area contributed by atoms with Crippen LogP contribution in [0.2, 0.25) is 0 Å². The summed E-state index contributed by atoms with van der Waals surface area (Å²) in [4.78, 5) is 37.8. The average molecular weight is 301 g/mol. The number of aliphatic carboxylic acids is 1. The number of carboxylic acids is 1. The molecule has 0 aliphatic carbocycles. The summed E-state index contributed by atoms with van der Waals surface area (Å²) in [5.74, 6) is -1.58. The van der Waals surface area contributed by atoms with Crippen LogP contribution in [-0.4, -0.2) is 79.3 Å². The number of carbonyl (C=O) groups is 3. The number of nitrogens with zero attached hydrogens (tertiary/aromatic N) is 2. The summed E-state index contributed by atoms with van der Waals surface area (Å²) in [6, 6.07) is -1.29. The summed E-state index contributed by atoms with van der Waals surface area (Å²) in [7, 11) is 4.58. The lowest BCUT2D eigenvalue weighted by molar-refractivity contribution is -0.141. The standard InChI is InChI=1S/C13H23N3O5/c1-8(11(17)14-2)6-15(3)13(20)16-7-9(21-4)5-10(16)12(18)19/h8-10H,5-7H2,1-4H3,(H,14,17)(H,18,19). The first kappa shape index (κ1) is 17.2. The molecule has 8 nitrogen and oxygen atoms in total. The number of nitrogens with one attached hydrogen (secondary N) is 1. The third-order valence-electron chi connectivity index (χ3n) is 3.70. The van der Waals surface area contributed by atoms with Gasteiger partial charge in [-0.3, -0.25) is 4.79 Å². The van der Waals surface area contributed by atoms with Gasteiger partial charge in [0.1, 0.15) is 6.04 Å². The van der Waals surface area contributed by atoms with Gasteiger partial charge in [0.25, 0.3) is 0 Å². The largest absolute Gasteiger partial charge is 0.480 e. The molecule has 1 aliphatic heterocycles. The van der Waals surface area contributed by atoms with Gasteiger partial charge < -0.3 is 25.0 Å². The number of ether oxygens (including phenoxy) is 1. The van der Waals surface area contributed by atoms with Crippen LogP contribution in [0.3, 0.4) is 0 Å². The van der Waals surface area contributed by atoms with Gasteiger partial charge in [-0.15, -0.1) is 0 Å². The molecule has 21 heavy (non-hydrogen) atoms. The van der Waals surface area contributed by atoms with Crippen LogP contribution in [0.25, 0.3) is 0 Å². The summed E-state index contributed by atoms with van der Waals surface area (Å²) < 4.78 is 5.15. The van der Waals surface area contributed by atoms with Crippen LogP contribution in [0.4, 0.5) is 4.79 Å². The summed E-state index contributed by atoms with van der Waals surface area (Å²) in [5, 5.41) is 11.7. The number of methoxy groups -OCH3 is 1. The Labute approximate surface area is 124 Å². The van der Waals surface area contributed by atoms with Crippen molar-refractivity contribution in [1.29, 1.82) is 0 Å². The van der Waals surface area contributed by atoms with E-state index in [-0.39, 0.29) is 37.4 Å². The average Bonchev–Trinajstić information content (AvgIpc) is 2.89. The molecule has 2 N–H and O–H groups in total. The minimum absolute atomic E-state index is 0.166. The van der Waals surface area contributed by atoms with Crippen LogP contribution in [-0.2, 0) is 14.3 Å². The quantitative estimate of drug-likeness (QED) is 0.719. The second kappa shape index (κ2) is 7.26. The molecule has 120 valence electrons. The highest BCUT2D eigenvalue weighted by Crippen LogP contribution is 2.21. The van der Waals surface area contributed by atoms with E-state index in [9.17, 15) is 19.5 Å². The van der Waals surface area contributed by atoms with Crippen LogP contribution in [0.15, 0.2) is 0 Å². The number of hydrogen-bond donors (Lipinski definition) is 2. The van der Waals surface area contributed by atoms with Gasteiger partial charge in [0.2, 0.25) is 5.91 Å². The van der Waals surface area contributed by atoms with Crippen LogP contribution in [0.1, 0.15) is 13.3 Å². The smallest absolute Gasteiger partial charge is 0.326 e. The first-order valence-electron chi connectivity index (χ1n) is 6.80. The van der Waals surface area contributed by atoms with E-state index < -0.39 is 18.0 Å². The maximum absolute atomic E-state index is 12.4. The molecule has 1 aliphatic rings. The number of carboxylic acid groups (broad SMARTS) is 1.